The second kappa shape index (κ2) is 7.82. The largest absolute Gasteiger partial charge is 0.383 e. The predicted molar refractivity (Wildman–Crippen MR) is 77.6 cm³/mol. The summed E-state index contributed by atoms with van der Waals surface area (Å²) in [7, 11) is 0.145. The van der Waals surface area contributed by atoms with Crippen LogP contribution in [0.25, 0.3) is 0 Å². The molecular formula is C12H24BrNO3S. The molecule has 0 aromatic heterocycles. The predicted octanol–water partition coefficient (Wildman–Crippen LogP) is 2.24. The zero-order valence-electron chi connectivity index (χ0n) is 11.3. The van der Waals surface area contributed by atoms with Crippen LogP contribution >= 0.6 is 15.9 Å². The summed E-state index contributed by atoms with van der Waals surface area (Å²) in [5.41, 5.74) is 0. The second-order valence-corrected chi connectivity index (χ2v) is 8.53. The Labute approximate surface area is 119 Å². The lowest BCUT2D eigenvalue weighted by Gasteiger charge is -2.25. The number of rotatable bonds is 7. The van der Waals surface area contributed by atoms with E-state index in [1.807, 2.05) is 0 Å². The highest BCUT2D eigenvalue weighted by atomic mass is 79.9. The van der Waals surface area contributed by atoms with E-state index < -0.39 is 10.0 Å². The first-order valence-corrected chi connectivity index (χ1v) is 9.05. The van der Waals surface area contributed by atoms with Crippen molar-refractivity contribution in [2.24, 2.45) is 5.92 Å². The van der Waals surface area contributed by atoms with Gasteiger partial charge >= 0.3 is 0 Å². The molecule has 4 nitrogen and oxygen atoms in total. The fraction of sp³-hybridized carbons (Fsp3) is 1.00. The standard InChI is InChI=1S/C12H24BrNO3S/c1-14(8-12(13)9-17-2)18(15,16)10-11-6-4-3-5-7-11/h11-12H,3-10H2,1-2H3. The molecule has 6 heteroatoms. The van der Waals surface area contributed by atoms with E-state index in [-0.39, 0.29) is 4.83 Å². The first-order valence-electron chi connectivity index (χ1n) is 6.52. The molecule has 0 radical (unpaired) electrons. The van der Waals surface area contributed by atoms with Crippen molar-refractivity contribution < 1.29 is 13.2 Å². The topological polar surface area (TPSA) is 46.6 Å². The van der Waals surface area contributed by atoms with Gasteiger partial charge in [0.15, 0.2) is 0 Å². The van der Waals surface area contributed by atoms with Gasteiger partial charge in [0.1, 0.15) is 0 Å². The van der Waals surface area contributed by atoms with Crippen LogP contribution in [0, 0.1) is 5.92 Å². The van der Waals surface area contributed by atoms with Crippen LogP contribution < -0.4 is 0 Å². The quantitative estimate of drug-likeness (QED) is 0.667. The van der Waals surface area contributed by atoms with E-state index in [1.54, 1.807) is 14.2 Å². The molecule has 18 heavy (non-hydrogen) atoms. The molecule has 0 aromatic rings. The van der Waals surface area contributed by atoms with Crippen LogP contribution in [0.4, 0.5) is 0 Å². The van der Waals surface area contributed by atoms with Gasteiger partial charge in [0, 0.05) is 20.7 Å². The summed E-state index contributed by atoms with van der Waals surface area (Å²) < 4.78 is 30.9. The lowest BCUT2D eigenvalue weighted by Crippen LogP contribution is -2.37. The molecule has 0 bridgehead atoms. The molecule has 0 aromatic carbocycles. The normalized spacial score (nSPS) is 20.2. The number of sulfonamides is 1. The van der Waals surface area contributed by atoms with Crippen LogP contribution in [0.2, 0.25) is 0 Å². The molecule has 1 rings (SSSR count). The molecule has 0 amide bonds. The Morgan fingerprint density at radius 1 is 1.33 bits per heavy atom. The van der Waals surface area contributed by atoms with Gasteiger partial charge in [-0.2, -0.15) is 0 Å². The Kier molecular flexibility index (Phi) is 7.13. The van der Waals surface area contributed by atoms with E-state index in [1.165, 1.54) is 23.6 Å². The Hall–Kier alpha value is 0.350. The number of hydrogen-bond acceptors (Lipinski definition) is 3. The SMILES string of the molecule is COCC(Br)CN(C)S(=O)(=O)CC1CCCCC1. The van der Waals surface area contributed by atoms with Crippen molar-refractivity contribution in [3.8, 4) is 0 Å². The van der Waals surface area contributed by atoms with Gasteiger partial charge in [-0.3, -0.25) is 0 Å². The number of ether oxygens (including phenoxy) is 1. The Morgan fingerprint density at radius 3 is 2.50 bits per heavy atom. The smallest absolute Gasteiger partial charge is 0.214 e. The zero-order valence-corrected chi connectivity index (χ0v) is 13.7. The summed E-state index contributed by atoms with van der Waals surface area (Å²) in [5.74, 6) is 0.651. The fourth-order valence-electron chi connectivity index (χ4n) is 2.41. The number of halogens is 1. The molecule has 1 aliphatic carbocycles. The molecule has 108 valence electrons. The van der Waals surface area contributed by atoms with Crippen molar-refractivity contribution in [1.82, 2.24) is 4.31 Å². The molecule has 1 fully saturated rings. The van der Waals surface area contributed by atoms with Gasteiger partial charge in [-0.25, -0.2) is 12.7 Å². The third-order valence-corrected chi connectivity index (χ3v) is 5.99. The molecule has 1 aliphatic rings. The van der Waals surface area contributed by atoms with Crippen molar-refractivity contribution in [3.05, 3.63) is 0 Å². The van der Waals surface area contributed by atoms with E-state index >= 15 is 0 Å². The van der Waals surface area contributed by atoms with Gasteiger partial charge < -0.3 is 4.74 Å². The van der Waals surface area contributed by atoms with E-state index in [0.29, 0.717) is 24.8 Å². The highest BCUT2D eigenvalue weighted by Crippen LogP contribution is 2.25. The molecule has 1 atom stereocenters. The molecule has 0 saturated heterocycles. The van der Waals surface area contributed by atoms with E-state index in [0.717, 1.165) is 12.8 Å². The third-order valence-electron chi connectivity index (χ3n) is 3.45. The lowest BCUT2D eigenvalue weighted by atomic mass is 9.91. The maximum absolute atomic E-state index is 12.2. The van der Waals surface area contributed by atoms with Crippen molar-refractivity contribution >= 4 is 26.0 Å². The minimum atomic E-state index is -3.13. The van der Waals surface area contributed by atoms with Crippen molar-refractivity contribution in [3.63, 3.8) is 0 Å². The van der Waals surface area contributed by atoms with Gasteiger partial charge in [-0.1, -0.05) is 35.2 Å². The van der Waals surface area contributed by atoms with Crippen molar-refractivity contribution in [2.75, 3.05) is 33.1 Å². The Morgan fingerprint density at radius 2 is 1.94 bits per heavy atom. The van der Waals surface area contributed by atoms with Crippen LogP contribution in [-0.2, 0) is 14.8 Å². The highest BCUT2D eigenvalue weighted by molar-refractivity contribution is 9.09. The van der Waals surface area contributed by atoms with Gasteiger partial charge in [0.05, 0.1) is 17.2 Å². The first kappa shape index (κ1) is 16.4. The number of hydrogen-bond donors (Lipinski definition) is 0. The highest BCUT2D eigenvalue weighted by Gasteiger charge is 2.26. The maximum Gasteiger partial charge on any atom is 0.214 e. The number of methoxy groups -OCH3 is 1. The van der Waals surface area contributed by atoms with Gasteiger partial charge in [0.2, 0.25) is 10.0 Å². The van der Waals surface area contributed by atoms with E-state index in [4.69, 9.17) is 4.74 Å². The molecule has 1 unspecified atom stereocenters. The summed E-state index contributed by atoms with van der Waals surface area (Å²) >= 11 is 3.43. The van der Waals surface area contributed by atoms with Crippen LogP contribution in [0.1, 0.15) is 32.1 Å². The van der Waals surface area contributed by atoms with E-state index in [9.17, 15) is 8.42 Å². The molecule has 1 saturated carbocycles. The second-order valence-electron chi connectivity index (χ2n) is 5.12. The van der Waals surface area contributed by atoms with Crippen LogP contribution in [0.15, 0.2) is 0 Å². The van der Waals surface area contributed by atoms with Gasteiger partial charge in [-0.15, -0.1) is 0 Å². The van der Waals surface area contributed by atoms with Crippen molar-refractivity contribution in [2.45, 2.75) is 36.9 Å². The monoisotopic (exact) mass is 341 g/mol. The molecule has 0 N–H and O–H groups in total. The Bertz CT molecular complexity index is 328. The average molecular weight is 342 g/mol. The zero-order chi connectivity index (χ0) is 13.6. The minimum Gasteiger partial charge on any atom is -0.383 e. The molecule has 0 heterocycles. The van der Waals surface area contributed by atoms with Crippen LogP contribution in [0.5, 0.6) is 0 Å². The summed E-state index contributed by atoms with van der Waals surface area (Å²) in [5, 5.41) is 0. The van der Waals surface area contributed by atoms with Gasteiger partial charge in [-0.05, 0) is 18.8 Å². The lowest BCUT2D eigenvalue weighted by molar-refractivity contribution is 0.195. The number of nitrogens with zero attached hydrogens (tertiary/aromatic N) is 1. The summed E-state index contributed by atoms with van der Waals surface area (Å²) in [6.07, 6.45) is 5.72. The first-order chi connectivity index (χ1) is 8.45. The average Bonchev–Trinajstić information content (AvgIpc) is 2.29. The van der Waals surface area contributed by atoms with Crippen LogP contribution in [-0.4, -0.2) is 50.6 Å². The Balaban J connectivity index is 2.45. The molecule has 0 spiro atoms. The summed E-state index contributed by atoms with van der Waals surface area (Å²) in [4.78, 5) is 0.0497. The van der Waals surface area contributed by atoms with Crippen LogP contribution in [0.3, 0.4) is 0 Å². The van der Waals surface area contributed by atoms with Crippen molar-refractivity contribution in [1.29, 1.82) is 0 Å². The minimum absolute atomic E-state index is 0.0497. The van der Waals surface area contributed by atoms with Gasteiger partial charge in [0.25, 0.3) is 0 Å². The molecular weight excluding hydrogens is 318 g/mol. The summed E-state index contributed by atoms with van der Waals surface area (Å²) in [6, 6.07) is 0. The fourth-order valence-corrected chi connectivity index (χ4v) is 4.89. The number of alkyl halides is 1. The molecule has 0 aliphatic heterocycles. The van der Waals surface area contributed by atoms with E-state index in [2.05, 4.69) is 15.9 Å². The summed E-state index contributed by atoms with van der Waals surface area (Å²) in [6.45, 7) is 0.978. The maximum atomic E-state index is 12.2. The third kappa shape index (κ3) is 5.55.